The van der Waals surface area contributed by atoms with Crippen molar-refractivity contribution in [1.82, 2.24) is 5.32 Å². The van der Waals surface area contributed by atoms with Crippen LogP contribution in [0.25, 0.3) is 0 Å². The lowest BCUT2D eigenvalue weighted by Crippen LogP contribution is -2.39. The molecule has 6 nitrogen and oxygen atoms in total. The molecular weight excluding hydrogens is 306 g/mol. The normalized spacial score (nSPS) is 11.3. The molecule has 0 fully saturated rings. The van der Waals surface area contributed by atoms with E-state index in [2.05, 4.69) is 5.32 Å². The molecule has 0 unspecified atom stereocenters. The van der Waals surface area contributed by atoms with Gasteiger partial charge in [0, 0.05) is 18.0 Å². The number of amides is 2. The highest BCUT2D eigenvalue weighted by molar-refractivity contribution is 7.90. The monoisotopic (exact) mass is 320 g/mol. The summed E-state index contributed by atoms with van der Waals surface area (Å²) in [6.07, 6.45) is 0.656. The number of anilines is 1. The molecular formula is C12H14F2N2O4S. The minimum absolute atomic E-state index is 0.288. The SMILES string of the molecule is CC(C)NC(=O)C(=O)Nc1cc(F)c(S(C)(=O)=O)c(F)c1. The van der Waals surface area contributed by atoms with Gasteiger partial charge in [-0.25, -0.2) is 17.2 Å². The number of sulfone groups is 1. The van der Waals surface area contributed by atoms with Crippen LogP contribution >= 0.6 is 0 Å². The zero-order valence-corrected chi connectivity index (χ0v) is 12.3. The Morgan fingerprint density at radius 1 is 1.10 bits per heavy atom. The van der Waals surface area contributed by atoms with Crippen LogP contribution < -0.4 is 10.6 Å². The molecule has 0 heterocycles. The standard InChI is InChI=1S/C12H14F2N2O4S/c1-6(2)15-11(17)12(18)16-7-4-8(13)10(9(14)5-7)21(3,19)20/h4-6H,1-3H3,(H,15,17)(H,16,18). The summed E-state index contributed by atoms with van der Waals surface area (Å²) in [7, 11) is -4.08. The first kappa shape index (κ1) is 17.0. The lowest BCUT2D eigenvalue weighted by Gasteiger charge is -2.10. The van der Waals surface area contributed by atoms with Gasteiger partial charge >= 0.3 is 11.8 Å². The van der Waals surface area contributed by atoms with Gasteiger partial charge in [0.2, 0.25) is 0 Å². The van der Waals surface area contributed by atoms with Crippen molar-refractivity contribution in [1.29, 1.82) is 0 Å². The van der Waals surface area contributed by atoms with Crippen LogP contribution in [-0.2, 0) is 19.4 Å². The Kier molecular flexibility index (Phi) is 5.00. The predicted molar refractivity (Wildman–Crippen MR) is 71.4 cm³/mol. The van der Waals surface area contributed by atoms with Crippen LogP contribution in [0.3, 0.4) is 0 Å². The maximum absolute atomic E-state index is 13.6. The minimum Gasteiger partial charge on any atom is -0.346 e. The fourth-order valence-corrected chi connectivity index (χ4v) is 2.33. The highest BCUT2D eigenvalue weighted by Crippen LogP contribution is 2.23. The largest absolute Gasteiger partial charge is 0.346 e. The third kappa shape index (κ3) is 4.48. The van der Waals surface area contributed by atoms with Gasteiger partial charge in [0.25, 0.3) is 0 Å². The summed E-state index contributed by atoms with van der Waals surface area (Å²) < 4.78 is 49.6. The molecule has 2 amide bonds. The number of nitrogens with one attached hydrogen (secondary N) is 2. The number of rotatable bonds is 3. The molecule has 116 valence electrons. The van der Waals surface area contributed by atoms with Crippen molar-refractivity contribution in [2.45, 2.75) is 24.8 Å². The summed E-state index contributed by atoms with van der Waals surface area (Å²) in [4.78, 5) is 21.7. The van der Waals surface area contributed by atoms with Crippen LogP contribution in [0, 0.1) is 11.6 Å². The zero-order valence-electron chi connectivity index (χ0n) is 11.5. The molecule has 0 atom stereocenters. The van der Waals surface area contributed by atoms with Crippen molar-refractivity contribution in [3.8, 4) is 0 Å². The lowest BCUT2D eigenvalue weighted by molar-refractivity contribution is -0.136. The second-order valence-corrected chi connectivity index (χ2v) is 6.58. The van der Waals surface area contributed by atoms with Crippen LogP contribution in [0.4, 0.5) is 14.5 Å². The Morgan fingerprint density at radius 2 is 1.57 bits per heavy atom. The second-order valence-electron chi connectivity index (χ2n) is 4.62. The van der Waals surface area contributed by atoms with Gasteiger partial charge in [-0.2, -0.15) is 0 Å². The molecule has 1 aromatic rings. The van der Waals surface area contributed by atoms with Crippen molar-refractivity contribution in [2.75, 3.05) is 11.6 Å². The van der Waals surface area contributed by atoms with E-state index >= 15 is 0 Å². The Balaban J connectivity index is 3.03. The summed E-state index contributed by atoms with van der Waals surface area (Å²) in [6.45, 7) is 3.26. The van der Waals surface area contributed by atoms with Gasteiger partial charge in [0.15, 0.2) is 9.84 Å². The van der Waals surface area contributed by atoms with Crippen LogP contribution in [0.2, 0.25) is 0 Å². The second kappa shape index (κ2) is 6.17. The van der Waals surface area contributed by atoms with E-state index < -0.39 is 38.2 Å². The average molecular weight is 320 g/mol. The number of carbonyl (C=O) groups is 2. The molecule has 0 bridgehead atoms. The van der Waals surface area contributed by atoms with E-state index in [9.17, 15) is 26.8 Å². The summed E-state index contributed by atoms with van der Waals surface area (Å²) >= 11 is 0. The van der Waals surface area contributed by atoms with Gasteiger partial charge in [0.05, 0.1) is 0 Å². The summed E-state index contributed by atoms with van der Waals surface area (Å²) in [5, 5.41) is 4.27. The molecule has 0 aromatic heterocycles. The molecule has 2 N–H and O–H groups in total. The molecule has 0 aliphatic heterocycles. The van der Waals surface area contributed by atoms with E-state index in [1.54, 1.807) is 13.8 Å². The molecule has 0 saturated heterocycles. The number of hydrogen-bond donors (Lipinski definition) is 2. The van der Waals surface area contributed by atoms with E-state index in [4.69, 9.17) is 0 Å². The first-order chi connectivity index (χ1) is 9.52. The van der Waals surface area contributed by atoms with Crippen LogP contribution in [0.5, 0.6) is 0 Å². The fraction of sp³-hybridized carbons (Fsp3) is 0.333. The van der Waals surface area contributed by atoms with Gasteiger partial charge in [-0.1, -0.05) is 0 Å². The first-order valence-corrected chi connectivity index (χ1v) is 7.72. The highest BCUT2D eigenvalue weighted by atomic mass is 32.2. The molecule has 0 aliphatic rings. The fourth-order valence-electron chi connectivity index (χ4n) is 1.50. The maximum Gasteiger partial charge on any atom is 0.313 e. The first-order valence-electron chi connectivity index (χ1n) is 5.83. The Hall–Kier alpha value is -2.03. The van der Waals surface area contributed by atoms with Gasteiger partial charge in [-0.3, -0.25) is 9.59 Å². The Labute approximate surface area is 120 Å². The molecule has 9 heteroatoms. The third-order valence-corrected chi connectivity index (χ3v) is 3.38. The van der Waals surface area contributed by atoms with E-state index in [-0.39, 0.29) is 11.7 Å². The van der Waals surface area contributed by atoms with E-state index in [1.165, 1.54) is 0 Å². The quantitative estimate of drug-likeness (QED) is 0.807. The smallest absolute Gasteiger partial charge is 0.313 e. The van der Waals surface area contributed by atoms with Crippen molar-refractivity contribution in [3.63, 3.8) is 0 Å². The van der Waals surface area contributed by atoms with Gasteiger partial charge in [-0.15, -0.1) is 0 Å². The molecule has 1 aromatic carbocycles. The Morgan fingerprint density at radius 3 is 1.95 bits per heavy atom. The van der Waals surface area contributed by atoms with Crippen molar-refractivity contribution < 1.29 is 26.8 Å². The van der Waals surface area contributed by atoms with Crippen LogP contribution in [-0.4, -0.2) is 32.5 Å². The third-order valence-electron chi connectivity index (χ3n) is 2.25. The van der Waals surface area contributed by atoms with E-state index in [0.717, 1.165) is 0 Å². The molecule has 0 saturated carbocycles. The summed E-state index contributed by atoms with van der Waals surface area (Å²) in [5.74, 6) is -4.79. The van der Waals surface area contributed by atoms with Gasteiger partial charge < -0.3 is 10.6 Å². The predicted octanol–water partition coefficient (Wildman–Crippen LogP) is 0.831. The molecule has 21 heavy (non-hydrogen) atoms. The topological polar surface area (TPSA) is 92.3 Å². The zero-order chi connectivity index (χ0) is 16.4. The van der Waals surface area contributed by atoms with Gasteiger partial charge in [0.1, 0.15) is 16.5 Å². The molecule has 1 rings (SSSR count). The summed E-state index contributed by atoms with van der Waals surface area (Å²) in [5.41, 5.74) is -0.360. The molecule has 0 spiro atoms. The number of hydrogen-bond acceptors (Lipinski definition) is 4. The van der Waals surface area contributed by atoms with E-state index in [1.807, 2.05) is 5.32 Å². The lowest BCUT2D eigenvalue weighted by atomic mass is 10.3. The highest BCUT2D eigenvalue weighted by Gasteiger charge is 2.22. The van der Waals surface area contributed by atoms with Crippen molar-refractivity contribution in [3.05, 3.63) is 23.8 Å². The molecule has 0 aliphatic carbocycles. The number of halogens is 2. The summed E-state index contributed by atoms with van der Waals surface area (Å²) in [6, 6.07) is 0.962. The number of carbonyl (C=O) groups excluding carboxylic acids is 2. The molecule has 0 radical (unpaired) electrons. The van der Waals surface area contributed by atoms with Crippen LogP contribution in [0.1, 0.15) is 13.8 Å². The van der Waals surface area contributed by atoms with Crippen molar-refractivity contribution >= 4 is 27.3 Å². The maximum atomic E-state index is 13.6. The van der Waals surface area contributed by atoms with E-state index in [0.29, 0.717) is 18.4 Å². The van der Waals surface area contributed by atoms with Crippen molar-refractivity contribution in [2.24, 2.45) is 0 Å². The van der Waals surface area contributed by atoms with Crippen LogP contribution in [0.15, 0.2) is 17.0 Å². The Bertz CT molecular complexity index is 663. The minimum atomic E-state index is -4.08. The van der Waals surface area contributed by atoms with Gasteiger partial charge in [-0.05, 0) is 26.0 Å². The number of benzene rings is 1. The average Bonchev–Trinajstić information content (AvgIpc) is 2.24.